The molecule has 4 aromatic rings. The van der Waals surface area contributed by atoms with E-state index in [1.165, 1.54) is 22.8 Å². The van der Waals surface area contributed by atoms with Crippen molar-refractivity contribution in [1.29, 1.82) is 5.26 Å². The average molecular weight is 600 g/mol. The van der Waals surface area contributed by atoms with E-state index in [4.69, 9.17) is 16.3 Å². The molecule has 5 rings (SSSR count). The molecule has 2 N–H and O–H groups in total. The molecule has 0 aliphatic heterocycles. The number of rotatable bonds is 5. The van der Waals surface area contributed by atoms with Crippen molar-refractivity contribution >= 4 is 35.1 Å². The van der Waals surface area contributed by atoms with Crippen LogP contribution in [0.4, 0.5) is 10.5 Å². The Balaban J connectivity index is 1.39. The van der Waals surface area contributed by atoms with Crippen LogP contribution in [0.25, 0.3) is 22.4 Å². The number of Topliss-reactive ketones (excluding diaryl/α,β-unsaturated/α-hetero) is 1. The Kier molecular flexibility index (Phi) is 7.65. The molecule has 1 aliphatic rings. The molecular weight excluding hydrogens is 574 g/mol. The first-order chi connectivity index (χ1) is 20.3. The van der Waals surface area contributed by atoms with Crippen molar-refractivity contribution in [3.8, 4) is 28.5 Å². The third-order valence-corrected chi connectivity index (χ3v) is 6.99. The number of carbonyl (C=O) groups excluding carboxylic acids is 3. The van der Waals surface area contributed by atoms with E-state index in [1.54, 1.807) is 57.2 Å². The van der Waals surface area contributed by atoms with E-state index >= 15 is 0 Å². The van der Waals surface area contributed by atoms with Gasteiger partial charge in [-0.1, -0.05) is 23.7 Å². The second kappa shape index (κ2) is 11.2. The fraction of sp³-hybridized carbons (Fsp3) is 0.226. The number of aromatic amines is 1. The lowest BCUT2D eigenvalue weighted by molar-refractivity contribution is -0.116. The van der Waals surface area contributed by atoms with Gasteiger partial charge in [-0.15, -0.1) is 0 Å². The molecule has 0 fully saturated rings. The number of H-pyrrole nitrogens is 1. The summed E-state index contributed by atoms with van der Waals surface area (Å²) in [7, 11) is 0. The van der Waals surface area contributed by atoms with Crippen LogP contribution in [0.3, 0.4) is 0 Å². The lowest BCUT2D eigenvalue weighted by Crippen LogP contribution is -2.30. The molecule has 11 nitrogen and oxygen atoms in total. The van der Waals surface area contributed by atoms with E-state index in [2.05, 4.69) is 16.5 Å². The molecule has 12 heteroatoms. The number of nitrogens with one attached hydrogen (secondary N) is 2. The molecule has 0 spiro atoms. The molecule has 218 valence electrons. The predicted octanol–water partition coefficient (Wildman–Crippen LogP) is 4.75. The zero-order chi connectivity index (χ0) is 31.1. The minimum atomic E-state index is -0.770. The van der Waals surface area contributed by atoms with Crippen molar-refractivity contribution in [2.24, 2.45) is 0 Å². The second-order valence-corrected chi connectivity index (χ2v) is 11.4. The van der Waals surface area contributed by atoms with Gasteiger partial charge in [0, 0.05) is 57.2 Å². The minimum absolute atomic E-state index is 0.171. The molecule has 2 aromatic heterocycles. The quantitative estimate of drug-likeness (QED) is 0.335. The summed E-state index contributed by atoms with van der Waals surface area (Å²) in [6, 6.07) is 15.6. The molecule has 43 heavy (non-hydrogen) atoms. The Bertz CT molecular complexity index is 1950. The standard InChI is InChI=1S/C31H26ClN5O6/c1-31(2,3)43-30(42)37-24(14-26(39)35-37)17-5-8-20(9-6-17)34-27(40)16-36-23-10-11-25(38)29(23)22(13-28(36)41)21-12-19(32)7-4-18(21)15-33/h4-9,12-14H,10-11,16H2,1-3H3,(H,34,40)(H,35,39). The van der Waals surface area contributed by atoms with Gasteiger partial charge in [0.15, 0.2) is 5.78 Å². The molecular formula is C31H26ClN5O6. The summed E-state index contributed by atoms with van der Waals surface area (Å²) < 4.78 is 7.64. The normalized spacial score (nSPS) is 12.5. The van der Waals surface area contributed by atoms with E-state index in [0.717, 1.165) is 4.68 Å². The van der Waals surface area contributed by atoms with Crippen LogP contribution in [-0.2, 0) is 22.5 Å². The van der Waals surface area contributed by atoms with Gasteiger partial charge in [0.2, 0.25) is 5.91 Å². The van der Waals surface area contributed by atoms with Gasteiger partial charge in [0.25, 0.3) is 11.1 Å². The van der Waals surface area contributed by atoms with Gasteiger partial charge in [0.1, 0.15) is 12.1 Å². The van der Waals surface area contributed by atoms with Crippen LogP contribution in [0, 0.1) is 11.3 Å². The number of fused-ring (bicyclic) bond motifs is 1. The van der Waals surface area contributed by atoms with Crippen LogP contribution in [0.1, 0.15) is 48.8 Å². The Morgan fingerprint density at radius 2 is 1.74 bits per heavy atom. The molecule has 1 aliphatic carbocycles. The summed E-state index contributed by atoms with van der Waals surface area (Å²) in [6.07, 6.45) is -0.300. The summed E-state index contributed by atoms with van der Waals surface area (Å²) in [4.78, 5) is 63.7. The number of nitrogens with zero attached hydrogens (tertiary/aromatic N) is 3. The van der Waals surface area contributed by atoms with Crippen molar-refractivity contribution in [3.05, 3.63) is 97.1 Å². The highest BCUT2D eigenvalue weighted by molar-refractivity contribution is 6.31. The van der Waals surface area contributed by atoms with Crippen LogP contribution in [0.2, 0.25) is 5.02 Å². The summed E-state index contributed by atoms with van der Waals surface area (Å²) in [6.45, 7) is 4.79. The Morgan fingerprint density at radius 1 is 1.02 bits per heavy atom. The van der Waals surface area contributed by atoms with Crippen LogP contribution < -0.4 is 16.4 Å². The number of anilines is 1. The van der Waals surface area contributed by atoms with Crippen molar-refractivity contribution in [1.82, 2.24) is 14.3 Å². The Hall–Kier alpha value is -5.21. The molecule has 2 heterocycles. The maximum absolute atomic E-state index is 13.2. The molecule has 0 unspecified atom stereocenters. The van der Waals surface area contributed by atoms with Crippen LogP contribution >= 0.6 is 11.6 Å². The Labute approximate surface area is 250 Å². The summed E-state index contributed by atoms with van der Waals surface area (Å²) >= 11 is 6.15. The van der Waals surface area contributed by atoms with Crippen molar-refractivity contribution in [2.45, 2.75) is 45.8 Å². The largest absolute Gasteiger partial charge is 0.442 e. The van der Waals surface area contributed by atoms with E-state index in [-0.39, 0.29) is 36.4 Å². The highest BCUT2D eigenvalue weighted by Crippen LogP contribution is 2.34. The molecule has 1 amide bonds. The fourth-order valence-corrected chi connectivity index (χ4v) is 5.14. The number of hydrogen-bond donors (Lipinski definition) is 2. The number of halogens is 1. The van der Waals surface area contributed by atoms with Crippen molar-refractivity contribution < 1.29 is 19.1 Å². The summed E-state index contributed by atoms with van der Waals surface area (Å²) in [5.74, 6) is -0.690. The van der Waals surface area contributed by atoms with Gasteiger partial charge in [-0.2, -0.15) is 9.94 Å². The van der Waals surface area contributed by atoms with Gasteiger partial charge in [0.05, 0.1) is 17.3 Å². The van der Waals surface area contributed by atoms with Gasteiger partial charge in [-0.05, 0) is 57.5 Å². The first kappa shape index (κ1) is 29.3. The highest BCUT2D eigenvalue weighted by atomic mass is 35.5. The number of carbonyl (C=O) groups is 3. The van der Waals surface area contributed by atoms with Gasteiger partial charge < -0.3 is 14.6 Å². The van der Waals surface area contributed by atoms with Crippen LogP contribution in [0.15, 0.2) is 64.2 Å². The average Bonchev–Trinajstić information content (AvgIpc) is 3.52. The molecule has 0 saturated carbocycles. The number of hydrogen-bond acceptors (Lipinski definition) is 7. The lowest BCUT2D eigenvalue weighted by Gasteiger charge is -2.20. The van der Waals surface area contributed by atoms with Crippen molar-refractivity contribution in [2.75, 3.05) is 5.32 Å². The van der Waals surface area contributed by atoms with Crippen LogP contribution in [-0.4, -0.2) is 37.7 Å². The number of nitriles is 1. The SMILES string of the molecule is CC(C)(C)OC(=O)n1[nH]c(=O)cc1-c1ccc(NC(=O)Cn2c3c(c(-c4cc(Cl)ccc4C#N)cc2=O)C(=O)CC3)cc1. The number of ether oxygens (including phenoxy) is 1. The summed E-state index contributed by atoms with van der Waals surface area (Å²) in [5, 5.41) is 15.1. The van der Waals surface area contributed by atoms with E-state index in [1.807, 2.05) is 0 Å². The topological polar surface area (TPSA) is 156 Å². The number of benzene rings is 2. The zero-order valence-corrected chi connectivity index (χ0v) is 24.2. The molecule has 0 saturated heterocycles. The maximum Gasteiger partial charge on any atom is 0.434 e. The second-order valence-electron chi connectivity index (χ2n) is 11.0. The third-order valence-electron chi connectivity index (χ3n) is 6.75. The fourth-order valence-electron chi connectivity index (χ4n) is 4.97. The van der Waals surface area contributed by atoms with E-state index < -0.39 is 28.7 Å². The molecule has 0 bridgehead atoms. The zero-order valence-electron chi connectivity index (χ0n) is 23.5. The third kappa shape index (κ3) is 6.05. The first-order valence-electron chi connectivity index (χ1n) is 13.3. The molecule has 0 atom stereocenters. The predicted molar refractivity (Wildman–Crippen MR) is 159 cm³/mol. The lowest BCUT2D eigenvalue weighted by atomic mass is 9.95. The number of pyridine rings is 1. The first-order valence-corrected chi connectivity index (χ1v) is 13.7. The summed E-state index contributed by atoms with van der Waals surface area (Å²) in [5.41, 5.74) is 1.16. The molecule has 2 aromatic carbocycles. The number of aromatic nitrogens is 3. The van der Waals surface area contributed by atoms with Gasteiger partial charge in [-0.3, -0.25) is 24.3 Å². The minimum Gasteiger partial charge on any atom is -0.442 e. The van der Waals surface area contributed by atoms with Crippen molar-refractivity contribution in [3.63, 3.8) is 0 Å². The number of amides is 1. The van der Waals surface area contributed by atoms with Gasteiger partial charge in [-0.25, -0.2) is 4.79 Å². The Morgan fingerprint density at radius 3 is 2.42 bits per heavy atom. The number of ketones is 1. The smallest absolute Gasteiger partial charge is 0.434 e. The monoisotopic (exact) mass is 599 g/mol. The van der Waals surface area contributed by atoms with E-state index in [9.17, 15) is 29.2 Å². The highest BCUT2D eigenvalue weighted by Gasteiger charge is 2.29. The maximum atomic E-state index is 13.2. The van der Waals surface area contributed by atoms with Gasteiger partial charge >= 0.3 is 6.09 Å². The van der Waals surface area contributed by atoms with E-state index in [0.29, 0.717) is 38.7 Å². The molecule has 0 radical (unpaired) electrons. The van der Waals surface area contributed by atoms with Crippen LogP contribution in [0.5, 0.6) is 0 Å².